The smallest absolute Gasteiger partial charge is 0.405 e. The molecule has 4 rings (SSSR count). The van der Waals surface area contributed by atoms with Crippen molar-refractivity contribution in [2.24, 2.45) is 0 Å². The predicted octanol–water partition coefficient (Wildman–Crippen LogP) is 4.46. The number of halogens is 3. The minimum Gasteiger partial charge on any atom is -0.465 e. The number of carbonyl (C=O) groups excluding carboxylic acids is 1. The molecule has 6 N–H and O–H groups in total. The van der Waals surface area contributed by atoms with Gasteiger partial charge in [-0.2, -0.15) is 0 Å². The van der Waals surface area contributed by atoms with Crippen molar-refractivity contribution in [2.45, 2.75) is 50.2 Å². The Labute approximate surface area is 226 Å². The fourth-order valence-corrected chi connectivity index (χ4v) is 7.10. The van der Waals surface area contributed by atoms with E-state index in [9.17, 15) is 37.0 Å². The number of Topliss-reactive ketones (excluding diaryl/α,β-unsaturated/α-hetero) is 1. The van der Waals surface area contributed by atoms with E-state index in [1.54, 1.807) is 10.4 Å². The Hall–Kier alpha value is -2.84. The van der Waals surface area contributed by atoms with Gasteiger partial charge in [-0.1, -0.05) is 12.5 Å². The minimum absolute atomic E-state index is 0.168. The quantitative estimate of drug-likeness (QED) is 0.244. The van der Waals surface area contributed by atoms with Gasteiger partial charge >= 0.3 is 6.09 Å². The Morgan fingerprint density at radius 1 is 1.13 bits per heavy atom. The van der Waals surface area contributed by atoms with Crippen molar-refractivity contribution < 1.29 is 37.0 Å². The maximum atomic E-state index is 15.0. The van der Waals surface area contributed by atoms with Crippen molar-refractivity contribution in [1.29, 1.82) is 0 Å². The van der Waals surface area contributed by atoms with Crippen LogP contribution < -0.4 is 16.0 Å². The summed E-state index contributed by atoms with van der Waals surface area (Å²) >= 11 is 0. The lowest BCUT2D eigenvalue weighted by molar-refractivity contribution is 0.0941. The molecule has 0 aromatic heterocycles. The van der Waals surface area contributed by atoms with Gasteiger partial charge in [-0.3, -0.25) is 13.9 Å². The van der Waals surface area contributed by atoms with Gasteiger partial charge in [0, 0.05) is 54.6 Å². The lowest BCUT2D eigenvalue weighted by atomic mass is 9.99. The molecule has 2 aromatic carbocycles. The summed E-state index contributed by atoms with van der Waals surface area (Å²) in [5.41, 5.74) is 0.274. The van der Waals surface area contributed by atoms with Crippen LogP contribution in [0, 0.1) is 17.5 Å². The lowest BCUT2D eigenvalue weighted by Crippen LogP contribution is -2.57. The first kappa shape index (κ1) is 29.2. The number of ketones is 1. The molecular weight excluding hydrogens is 537 g/mol. The number of rotatable bonds is 9. The highest BCUT2D eigenvalue weighted by molar-refractivity contribution is 8.22. The first-order valence-electron chi connectivity index (χ1n) is 12.8. The highest BCUT2D eigenvalue weighted by Gasteiger charge is 2.37. The van der Waals surface area contributed by atoms with Crippen LogP contribution >= 0.6 is 10.8 Å². The molecule has 2 fully saturated rings. The van der Waals surface area contributed by atoms with Crippen LogP contribution in [0.25, 0.3) is 0 Å². The number of benzene rings is 2. The van der Waals surface area contributed by atoms with Crippen molar-refractivity contribution >= 4 is 28.3 Å². The standard InChI is InChI=1S/C26H33F3N4O5S/c27-17-10-16(11-18(28)12-17)25(34)24(32-26(35)36)14-31-23-6-3-5-22(29)21(23)8-7-20-13-30-19-4-1-2-9-39(37,38)33(20)15-19/h3,5-6,10-12,19-20,24,30-32,37-38H,1-2,4,7-9,13-15H2,(H,35,36)/t19-,20+,24+/m1/s1. The molecule has 214 valence electrons. The number of fused-ring (bicyclic) bond motifs is 2. The fraction of sp³-hybridized carbons (Fsp3) is 0.462. The van der Waals surface area contributed by atoms with Gasteiger partial charge in [0.2, 0.25) is 0 Å². The molecule has 0 radical (unpaired) electrons. The fourth-order valence-electron chi connectivity index (χ4n) is 5.19. The average molecular weight is 571 g/mol. The third kappa shape index (κ3) is 7.42. The van der Waals surface area contributed by atoms with E-state index in [4.69, 9.17) is 0 Å². The number of hydrogen-bond donors (Lipinski definition) is 6. The van der Waals surface area contributed by atoms with Gasteiger partial charge in [0.05, 0.1) is 5.75 Å². The molecule has 0 saturated carbocycles. The number of carboxylic acid groups (broad SMARTS) is 1. The number of hydrogen-bond acceptors (Lipinski definition) is 7. The molecule has 4 atom stereocenters. The van der Waals surface area contributed by atoms with Crippen LogP contribution in [0.1, 0.15) is 41.6 Å². The van der Waals surface area contributed by atoms with Gasteiger partial charge in [0.1, 0.15) is 23.5 Å². The van der Waals surface area contributed by atoms with Gasteiger partial charge in [0.25, 0.3) is 0 Å². The largest absolute Gasteiger partial charge is 0.465 e. The van der Waals surface area contributed by atoms with Crippen molar-refractivity contribution in [1.82, 2.24) is 14.9 Å². The first-order valence-corrected chi connectivity index (χ1v) is 14.5. The van der Waals surface area contributed by atoms with E-state index < -0.39 is 46.1 Å². The lowest BCUT2D eigenvalue weighted by Gasteiger charge is -2.52. The Morgan fingerprint density at radius 2 is 1.87 bits per heavy atom. The highest BCUT2D eigenvalue weighted by atomic mass is 32.3. The second-order valence-corrected chi connectivity index (χ2v) is 12.0. The predicted molar refractivity (Wildman–Crippen MR) is 143 cm³/mol. The second-order valence-electron chi connectivity index (χ2n) is 9.90. The topological polar surface area (TPSA) is 134 Å². The van der Waals surface area contributed by atoms with Crippen LogP contribution in [0.15, 0.2) is 36.4 Å². The molecular formula is C26H33F3N4O5S. The molecule has 0 aliphatic carbocycles. The summed E-state index contributed by atoms with van der Waals surface area (Å²) in [6.45, 7) is 0.723. The van der Waals surface area contributed by atoms with Crippen LogP contribution in [0.2, 0.25) is 0 Å². The molecule has 1 amide bonds. The number of carbonyl (C=O) groups is 2. The van der Waals surface area contributed by atoms with E-state index in [1.165, 1.54) is 12.1 Å². The van der Waals surface area contributed by atoms with Crippen LogP contribution in [0.3, 0.4) is 0 Å². The Kier molecular flexibility index (Phi) is 9.39. The maximum Gasteiger partial charge on any atom is 0.405 e. The molecule has 1 unspecified atom stereocenters. The molecule has 2 aliphatic heterocycles. The number of piperazine rings is 1. The van der Waals surface area contributed by atoms with E-state index in [-0.39, 0.29) is 30.6 Å². The molecule has 0 spiro atoms. The van der Waals surface area contributed by atoms with Crippen LogP contribution in [0.4, 0.5) is 23.7 Å². The maximum absolute atomic E-state index is 15.0. The van der Waals surface area contributed by atoms with E-state index in [1.807, 2.05) is 5.32 Å². The SMILES string of the molecule is O=C(O)N[C@@H](CNc1cccc(F)c1CC[C@H]1CN[C@@H]2CCCCS(O)(O)N1C2)C(=O)c1cc(F)cc(F)c1. The summed E-state index contributed by atoms with van der Waals surface area (Å²) < 4.78 is 65.6. The Morgan fingerprint density at radius 3 is 2.59 bits per heavy atom. The number of amides is 1. The van der Waals surface area contributed by atoms with E-state index >= 15 is 0 Å². The normalized spacial score (nSPS) is 24.1. The van der Waals surface area contributed by atoms with E-state index in [0.29, 0.717) is 42.6 Å². The summed E-state index contributed by atoms with van der Waals surface area (Å²) in [5, 5.41) is 17.6. The van der Waals surface area contributed by atoms with Crippen LogP contribution in [-0.2, 0) is 6.42 Å². The van der Waals surface area contributed by atoms with Gasteiger partial charge in [-0.05, 0) is 49.9 Å². The zero-order valence-corrected chi connectivity index (χ0v) is 22.0. The highest BCUT2D eigenvalue weighted by Crippen LogP contribution is 2.48. The molecule has 39 heavy (non-hydrogen) atoms. The number of nitrogens with zero attached hydrogens (tertiary/aromatic N) is 1. The van der Waals surface area contributed by atoms with Gasteiger partial charge < -0.3 is 21.1 Å². The summed E-state index contributed by atoms with van der Waals surface area (Å²) in [4.78, 5) is 24.2. The van der Waals surface area contributed by atoms with Gasteiger partial charge in [-0.25, -0.2) is 22.3 Å². The van der Waals surface area contributed by atoms with Crippen LogP contribution in [-0.4, -0.2) is 73.9 Å². The van der Waals surface area contributed by atoms with E-state index in [0.717, 1.165) is 31.4 Å². The monoisotopic (exact) mass is 570 g/mol. The van der Waals surface area contributed by atoms with Crippen molar-refractivity contribution in [3.8, 4) is 0 Å². The average Bonchev–Trinajstić information content (AvgIpc) is 2.87. The third-order valence-corrected chi connectivity index (χ3v) is 9.19. The van der Waals surface area contributed by atoms with Crippen LogP contribution in [0.5, 0.6) is 0 Å². The number of anilines is 1. The Balaban J connectivity index is 1.48. The minimum atomic E-state index is -2.93. The summed E-state index contributed by atoms with van der Waals surface area (Å²) in [6, 6.07) is 5.08. The molecule has 2 aliphatic rings. The van der Waals surface area contributed by atoms with Crippen molar-refractivity contribution in [2.75, 3.05) is 30.7 Å². The summed E-state index contributed by atoms with van der Waals surface area (Å²) in [6.07, 6.45) is 1.73. The zero-order valence-electron chi connectivity index (χ0n) is 21.2. The first-order chi connectivity index (χ1) is 18.5. The number of nitrogens with one attached hydrogen (secondary N) is 3. The molecule has 2 heterocycles. The molecule has 9 nitrogen and oxygen atoms in total. The van der Waals surface area contributed by atoms with Gasteiger partial charge in [0.15, 0.2) is 5.78 Å². The summed E-state index contributed by atoms with van der Waals surface area (Å²) in [5.74, 6) is -3.02. The van der Waals surface area contributed by atoms with Gasteiger partial charge in [-0.15, -0.1) is 10.8 Å². The van der Waals surface area contributed by atoms with E-state index in [2.05, 4.69) is 10.6 Å². The van der Waals surface area contributed by atoms with Crippen molar-refractivity contribution in [3.63, 3.8) is 0 Å². The molecule has 2 saturated heterocycles. The molecule has 2 bridgehead atoms. The Bertz CT molecular complexity index is 1180. The zero-order chi connectivity index (χ0) is 28.2. The van der Waals surface area contributed by atoms with Crippen molar-refractivity contribution in [3.05, 3.63) is 65.0 Å². The second kappa shape index (κ2) is 12.6. The molecule has 13 heteroatoms. The summed E-state index contributed by atoms with van der Waals surface area (Å²) in [7, 11) is -2.93. The molecule has 2 aromatic rings. The third-order valence-electron chi connectivity index (χ3n) is 7.15.